The van der Waals surface area contributed by atoms with Gasteiger partial charge in [0.15, 0.2) is 0 Å². The molecule has 0 aliphatic rings. The Hall–Kier alpha value is -1.38. The summed E-state index contributed by atoms with van der Waals surface area (Å²) < 4.78 is 0. The van der Waals surface area contributed by atoms with Gasteiger partial charge in [-0.05, 0) is 76.4 Å². The predicted molar refractivity (Wildman–Crippen MR) is 93.0 cm³/mol. The monoisotopic (exact) mass is 284 g/mol. The topological polar surface area (TPSA) is 6.48 Å². The summed E-state index contributed by atoms with van der Waals surface area (Å²) in [6.07, 6.45) is 2.43. The van der Waals surface area contributed by atoms with Crippen molar-refractivity contribution in [2.45, 2.75) is 18.8 Å². The van der Waals surface area contributed by atoms with Crippen LogP contribution in [0.25, 0.3) is 10.8 Å². The van der Waals surface area contributed by atoms with Gasteiger partial charge in [0.25, 0.3) is 0 Å². The quantitative estimate of drug-likeness (QED) is 0.762. The molecule has 0 saturated heterocycles. The molecule has 0 saturated carbocycles. The van der Waals surface area contributed by atoms with Gasteiger partial charge in [0.05, 0.1) is 0 Å². The first kappa shape index (κ1) is 16.0. The minimum absolute atomic E-state index is 0.626. The van der Waals surface area contributed by atoms with Crippen LogP contribution >= 0.6 is 0 Å². The van der Waals surface area contributed by atoms with E-state index in [1.807, 2.05) is 0 Å². The molecule has 0 spiro atoms. The fraction of sp³-hybridized carbons (Fsp3) is 0.474. The van der Waals surface area contributed by atoms with E-state index in [-0.39, 0.29) is 0 Å². The molecule has 2 heteroatoms. The van der Waals surface area contributed by atoms with E-state index in [0.717, 1.165) is 13.1 Å². The van der Waals surface area contributed by atoms with Crippen molar-refractivity contribution in [2.24, 2.45) is 0 Å². The van der Waals surface area contributed by atoms with Gasteiger partial charge < -0.3 is 9.80 Å². The Labute approximate surface area is 129 Å². The average molecular weight is 284 g/mol. The van der Waals surface area contributed by atoms with Crippen LogP contribution < -0.4 is 0 Å². The molecule has 0 aliphatic carbocycles. The summed E-state index contributed by atoms with van der Waals surface area (Å²) in [6, 6.07) is 15.5. The van der Waals surface area contributed by atoms with Gasteiger partial charge >= 0.3 is 0 Å². The molecular weight excluding hydrogens is 256 g/mol. The number of hydrogen-bond donors (Lipinski definition) is 0. The zero-order valence-electron chi connectivity index (χ0n) is 13.8. The second kappa shape index (κ2) is 7.58. The van der Waals surface area contributed by atoms with Crippen LogP contribution in [0.15, 0.2) is 42.5 Å². The van der Waals surface area contributed by atoms with E-state index >= 15 is 0 Å². The summed E-state index contributed by atoms with van der Waals surface area (Å²) in [4.78, 5) is 4.57. The Morgan fingerprint density at radius 3 is 1.95 bits per heavy atom. The molecule has 0 aromatic heterocycles. The van der Waals surface area contributed by atoms with Crippen molar-refractivity contribution in [3.05, 3.63) is 48.0 Å². The predicted octanol–water partition coefficient (Wildman–Crippen LogP) is 3.83. The lowest BCUT2D eigenvalue weighted by Gasteiger charge is -2.23. The molecule has 0 aliphatic heterocycles. The number of fused-ring (bicyclic) bond motifs is 1. The summed E-state index contributed by atoms with van der Waals surface area (Å²) >= 11 is 0. The van der Waals surface area contributed by atoms with Crippen LogP contribution in [0, 0.1) is 0 Å². The van der Waals surface area contributed by atoms with E-state index in [1.165, 1.54) is 29.2 Å². The van der Waals surface area contributed by atoms with Crippen molar-refractivity contribution in [1.82, 2.24) is 9.80 Å². The minimum atomic E-state index is 0.626. The maximum atomic E-state index is 2.32. The van der Waals surface area contributed by atoms with E-state index in [9.17, 15) is 0 Å². The Balaban J connectivity index is 2.28. The van der Waals surface area contributed by atoms with Crippen molar-refractivity contribution in [1.29, 1.82) is 0 Å². The molecule has 0 N–H and O–H groups in total. The van der Waals surface area contributed by atoms with Crippen LogP contribution in [-0.2, 0) is 0 Å². The fourth-order valence-corrected chi connectivity index (χ4v) is 2.89. The van der Waals surface area contributed by atoms with E-state index in [1.54, 1.807) is 0 Å². The summed E-state index contributed by atoms with van der Waals surface area (Å²) in [5.74, 6) is 0.626. The Morgan fingerprint density at radius 2 is 1.33 bits per heavy atom. The highest BCUT2D eigenvalue weighted by Crippen LogP contribution is 2.30. The molecular formula is C19H28N2. The first-order valence-electron chi connectivity index (χ1n) is 7.85. The zero-order chi connectivity index (χ0) is 15.2. The summed E-state index contributed by atoms with van der Waals surface area (Å²) in [6.45, 7) is 2.28. The largest absolute Gasteiger partial charge is 0.309 e. The Bertz CT molecular complexity index is 543. The molecule has 0 bridgehead atoms. The second-order valence-electron chi connectivity index (χ2n) is 6.45. The van der Waals surface area contributed by atoms with Gasteiger partial charge in [-0.3, -0.25) is 0 Å². The summed E-state index contributed by atoms with van der Waals surface area (Å²) in [7, 11) is 8.64. The highest BCUT2D eigenvalue weighted by molar-refractivity contribution is 5.86. The minimum Gasteiger partial charge on any atom is -0.309 e. The Kier molecular flexibility index (Phi) is 5.77. The molecule has 0 atom stereocenters. The molecule has 0 radical (unpaired) electrons. The highest BCUT2D eigenvalue weighted by atomic mass is 15.1. The van der Waals surface area contributed by atoms with Gasteiger partial charge in [0.2, 0.25) is 0 Å². The molecule has 2 nitrogen and oxygen atoms in total. The van der Waals surface area contributed by atoms with Gasteiger partial charge in [-0.15, -0.1) is 0 Å². The third kappa shape index (κ3) is 4.55. The van der Waals surface area contributed by atoms with Crippen LogP contribution in [0.4, 0.5) is 0 Å². The van der Waals surface area contributed by atoms with Crippen LogP contribution in [-0.4, -0.2) is 51.1 Å². The van der Waals surface area contributed by atoms with Gasteiger partial charge in [0, 0.05) is 0 Å². The number of nitrogens with zero attached hydrogens (tertiary/aromatic N) is 2. The number of hydrogen-bond acceptors (Lipinski definition) is 2. The number of benzene rings is 2. The fourth-order valence-electron chi connectivity index (χ4n) is 2.89. The van der Waals surface area contributed by atoms with Crippen LogP contribution in [0.5, 0.6) is 0 Å². The normalized spacial score (nSPS) is 12.0. The first-order chi connectivity index (χ1) is 10.1. The third-order valence-corrected chi connectivity index (χ3v) is 4.11. The standard InChI is InChI=1S/C19H28N2/c1-20(2)14-12-17(13-15-21(3)4)19-11-7-9-16-8-5-6-10-18(16)19/h5-11,17H,12-15H2,1-4H3. The SMILES string of the molecule is CN(C)CCC(CCN(C)C)c1cccc2ccccc12. The van der Waals surface area contributed by atoms with Gasteiger partial charge in [-0.1, -0.05) is 42.5 Å². The lowest BCUT2D eigenvalue weighted by Crippen LogP contribution is -2.20. The molecule has 2 aromatic carbocycles. The summed E-state index contributed by atoms with van der Waals surface area (Å²) in [5.41, 5.74) is 1.51. The van der Waals surface area contributed by atoms with Gasteiger partial charge in [-0.25, -0.2) is 0 Å². The molecule has 0 unspecified atom stereocenters. The van der Waals surface area contributed by atoms with Crippen molar-refractivity contribution < 1.29 is 0 Å². The van der Waals surface area contributed by atoms with Crippen molar-refractivity contribution >= 4 is 10.8 Å². The Morgan fingerprint density at radius 1 is 0.762 bits per heavy atom. The molecule has 0 fully saturated rings. The number of rotatable bonds is 7. The van der Waals surface area contributed by atoms with E-state index < -0.39 is 0 Å². The van der Waals surface area contributed by atoms with Crippen molar-refractivity contribution in [3.63, 3.8) is 0 Å². The second-order valence-corrected chi connectivity index (χ2v) is 6.45. The van der Waals surface area contributed by atoms with Gasteiger partial charge in [0.1, 0.15) is 0 Å². The van der Waals surface area contributed by atoms with Crippen molar-refractivity contribution in [3.8, 4) is 0 Å². The lowest BCUT2D eigenvalue weighted by atomic mass is 9.88. The average Bonchev–Trinajstić information content (AvgIpc) is 2.46. The van der Waals surface area contributed by atoms with Crippen LogP contribution in [0.1, 0.15) is 24.3 Å². The molecule has 0 heterocycles. The zero-order valence-corrected chi connectivity index (χ0v) is 13.8. The summed E-state index contributed by atoms with van der Waals surface area (Å²) in [5, 5.41) is 2.78. The van der Waals surface area contributed by atoms with E-state index in [2.05, 4.69) is 80.5 Å². The first-order valence-corrected chi connectivity index (χ1v) is 7.85. The van der Waals surface area contributed by atoms with E-state index in [0.29, 0.717) is 5.92 Å². The smallest absolute Gasteiger partial charge is 0.00190 e. The molecule has 21 heavy (non-hydrogen) atoms. The lowest BCUT2D eigenvalue weighted by molar-refractivity contribution is 0.343. The molecule has 2 rings (SSSR count). The molecule has 0 amide bonds. The maximum Gasteiger partial charge on any atom is -0.00190 e. The molecule has 114 valence electrons. The van der Waals surface area contributed by atoms with E-state index in [4.69, 9.17) is 0 Å². The van der Waals surface area contributed by atoms with Crippen molar-refractivity contribution in [2.75, 3.05) is 41.3 Å². The maximum absolute atomic E-state index is 2.32. The third-order valence-electron chi connectivity index (χ3n) is 4.11. The van der Waals surface area contributed by atoms with Crippen LogP contribution in [0.3, 0.4) is 0 Å². The molecule has 2 aromatic rings. The van der Waals surface area contributed by atoms with Gasteiger partial charge in [-0.2, -0.15) is 0 Å². The highest BCUT2D eigenvalue weighted by Gasteiger charge is 2.15. The van der Waals surface area contributed by atoms with Crippen LogP contribution in [0.2, 0.25) is 0 Å².